The Morgan fingerprint density at radius 1 is 1.13 bits per heavy atom. The molecule has 0 radical (unpaired) electrons. The van der Waals surface area contributed by atoms with E-state index < -0.39 is 0 Å². The molecule has 0 unspecified atom stereocenters. The number of carbonyl (C=O) groups excluding carboxylic acids is 1. The first-order valence-electron chi connectivity index (χ1n) is 10.5. The molecule has 1 fully saturated rings. The molecule has 0 atom stereocenters. The van der Waals surface area contributed by atoms with Crippen molar-refractivity contribution in [3.8, 4) is 5.69 Å². The smallest absolute Gasteiger partial charge is 0.230 e. The second kappa shape index (κ2) is 9.04. The van der Waals surface area contributed by atoms with Crippen LogP contribution in [0.4, 0.5) is 0 Å². The van der Waals surface area contributed by atoms with Crippen LogP contribution in [0.15, 0.2) is 66.1 Å². The summed E-state index contributed by atoms with van der Waals surface area (Å²) in [5.41, 5.74) is 3.72. The molecule has 1 aliphatic carbocycles. The van der Waals surface area contributed by atoms with Crippen LogP contribution in [0.2, 0.25) is 0 Å². The summed E-state index contributed by atoms with van der Waals surface area (Å²) in [6.07, 6.45) is 5.18. The van der Waals surface area contributed by atoms with Crippen molar-refractivity contribution >= 4 is 17.7 Å². The fourth-order valence-electron chi connectivity index (χ4n) is 3.93. The molecule has 0 saturated heterocycles. The predicted octanol–water partition coefficient (Wildman–Crippen LogP) is 4.72. The Bertz CT molecular complexity index is 978. The molecular formula is C24H28N4OS. The molecule has 1 N–H and O–H groups in total. The monoisotopic (exact) mass is 420 g/mol. The van der Waals surface area contributed by atoms with Gasteiger partial charge in [-0.2, -0.15) is 0 Å². The van der Waals surface area contributed by atoms with Gasteiger partial charge in [-0.25, -0.2) is 0 Å². The van der Waals surface area contributed by atoms with Crippen LogP contribution in [0, 0.1) is 0 Å². The topological polar surface area (TPSA) is 59.8 Å². The lowest BCUT2D eigenvalue weighted by Gasteiger charge is -2.42. The molecule has 1 heterocycles. The van der Waals surface area contributed by atoms with Crippen molar-refractivity contribution in [2.24, 2.45) is 0 Å². The molecule has 0 aliphatic heterocycles. The van der Waals surface area contributed by atoms with E-state index in [1.165, 1.54) is 29.3 Å². The summed E-state index contributed by atoms with van der Waals surface area (Å²) in [7, 11) is 0. The highest BCUT2D eigenvalue weighted by Crippen LogP contribution is 2.43. The second-order valence-electron chi connectivity index (χ2n) is 8.30. The summed E-state index contributed by atoms with van der Waals surface area (Å²) in [6, 6.07) is 18.9. The third-order valence-electron chi connectivity index (χ3n) is 6.01. The van der Waals surface area contributed by atoms with E-state index in [1.54, 1.807) is 6.33 Å². The third kappa shape index (κ3) is 4.43. The Labute approximate surface area is 182 Å². The molecule has 2 aromatic carbocycles. The molecule has 3 aromatic rings. The maximum Gasteiger partial charge on any atom is 0.230 e. The molecule has 1 aliphatic rings. The predicted molar refractivity (Wildman–Crippen MR) is 121 cm³/mol. The molecule has 0 spiro atoms. The first-order chi connectivity index (χ1) is 14.6. The van der Waals surface area contributed by atoms with Crippen LogP contribution >= 0.6 is 11.8 Å². The summed E-state index contributed by atoms with van der Waals surface area (Å²) in [5.74, 6) is 0.854. The van der Waals surface area contributed by atoms with E-state index in [-0.39, 0.29) is 11.3 Å². The number of rotatable bonds is 8. The number of hydrogen-bond acceptors (Lipinski definition) is 4. The molecule has 0 bridgehead atoms. The zero-order valence-corrected chi connectivity index (χ0v) is 18.4. The van der Waals surface area contributed by atoms with Crippen molar-refractivity contribution in [1.29, 1.82) is 0 Å². The van der Waals surface area contributed by atoms with Crippen LogP contribution in [0.1, 0.15) is 50.2 Å². The van der Waals surface area contributed by atoms with Crippen molar-refractivity contribution < 1.29 is 4.79 Å². The zero-order chi connectivity index (χ0) is 21.0. The summed E-state index contributed by atoms with van der Waals surface area (Å²) in [5, 5.41) is 12.1. The first kappa shape index (κ1) is 20.7. The first-order valence-corrected chi connectivity index (χ1v) is 11.5. The Morgan fingerprint density at radius 3 is 2.50 bits per heavy atom. The number of aromatic nitrogens is 3. The van der Waals surface area contributed by atoms with Crippen LogP contribution in [0.3, 0.4) is 0 Å². The Kier molecular flexibility index (Phi) is 6.23. The van der Waals surface area contributed by atoms with Crippen molar-refractivity contribution in [3.05, 3.63) is 72.1 Å². The molecule has 4 rings (SSSR count). The average molecular weight is 421 g/mol. The molecular weight excluding hydrogens is 392 g/mol. The van der Waals surface area contributed by atoms with Gasteiger partial charge in [0.1, 0.15) is 6.33 Å². The van der Waals surface area contributed by atoms with E-state index >= 15 is 0 Å². The summed E-state index contributed by atoms with van der Waals surface area (Å²) >= 11 is 1.42. The maximum atomic E-state index is 12.5. The van der Waals surface area contributed by atoms with E-state index in [9.17, 15) is 4.79 Å². The number of amides is 1. The minimum atomic E-state index is 0.0342. The average Bonchev–Trinajstić information content (AvgIpc) is 3.21. The lowest BCUT2D eigenvalue weighted by Crippen LogP contribution is -2.46. The van der Waals surface area contributed by atoms with Gasteiger partial charge in [0.2, 0.25) is 5.91 Å². The molecule has 6 heteroatoms. The molecule has 1 aromatic heterocycles. The Hall–Kier alpha value is -2.60. The van der Waals surface area contributed by atoms with E-state index in [0.717, 1.165) is 23.7 Å². The van der Waals surface area contributed by atoms with Gasteiger partial charge >= 0.3 is 0 Å². The van der Waals surface area contributed by atoms with Crippen molar-refractivity contribution in [2.75, 3.05) is 12.3 Å². The Balaban J connectivity index is 1.34. The lowest BCUT2D eigenvalue weighted by atomic mass is 9.64. The molecule has 156 valence electrons. The van der Waals surface area contributed by atoms with Crippen LogP contribution in [-0.4, -0.2) is 33.0 Å². The number of carbonyl (C=O) groups is 1. The minimum absolute atomic E-state index is 0.0342. The number of nitrogens with zero attached hydrogens (tertiary/aromatic N) is 3. The van der Waals surface area contributed by atoms with Gasteiger partial charge in [-0.1, -0.05) is 74.5 Å². The highest BCUT2D eigenvalue weighted by atomic mass is 32.2. The largest absolute Gasteiger partial charge is 0.354 e. The zero-order valence-electron chi connectivity index (χ0n) is 17.5. The summed E-state index contributed by atoms with van der Waals surface area (Å²) < 4.78 is 1.93. The van der Waals surface area contributed by atoms with Gasteiger partial charge in [-0.05, 0) is 42.0 Å². The van der Waals surface area contributed by atoms with Crippen LogP contribution in [0.25, 0.3) is 5.69 Å². The van der Waals surface area contributed by atoms with Crippen LogP contribution in [0.5, 0.6) is 0 Å². The van der Waals surface area contributed by atoms with Gasteiger partial charge in [0, 0.05) is 17.6 Å². The molecule has 5 nitrogen and oxygen atoms in total. The quantitative estimate of drug-likeness (QED) is 0.536. The van der Waals surface area contributed by atoms with Crippen molar-refractivity contribution in [3.63, 3.8) is 0 Å². The van der Waals surface area contributed by atoms with Crippen molar-refractivity contribution in [1.82, 2.24) is 20.1 Å². The third-order valence-corrected chi connectivity index (χ3v) is 6.95. The number of nitrogens with one attached hydrogen (secondary N) is 1. The number of thioether (sulfide) groups is 1. The van der Waals surface area contributed by atoms with Gasteiger partial charge in [-0.3, -0.25) is 9.36 Å². The molecule has 1 amide bonds. The lowest BCUT2D eigenvalue weighted by molar-refractivity contribution is -0.119. The van der Waals surface area contributed by atoms with Crippen LogP contribution in [-0.2, 0) is 10.2 Å². The SMILES string of the molecule is CC(C)c1ccc(-n2cnnc2SCC(=O)NCC2(c3ccccc3)CCC2)cc1. The van der Waals surface area contributed by atoms with Crippen molar-refractivity contribution in [2.45, 2.75) is 49.6 Å². The van der Waals surface area contributed by atoms with E-state index in [2.05, 4.69) is 77.9 Å². The standard InChI is InChI=1S/C24H28N4OS/c1-18(2)19-9-11-21(12-10-19)28-17-26-27-23(28)30-15-22(29)25-16-24(13-6-14-24)20-7-4-3-5-8-20/h3-5,7-12,17-18H,6,13-16H2,1-2H3,(H,25,29). The van der Waals surface area contributed by atoms with E-state index in [4.69, 9.17) is 0 Å². The fraction of sp³-hybridized carbons (Fsp3) is 0.375. The molecule has 1 saturated carbocycles. The van der Waals surface area contributed by atoms with Gasteiger partial charge in [-0.15, -0.1) is 10.2 Å². The maximum absolute atomic E-state index is 12.5. The Morgan fingerprint density at radius 2 is 1.87 bits per heavy atom. The highest BCUT2D eigenvalue weighted by molar-refractivity contribution is 7.99. The van der Waals surface area contributed by atoms with Gasteiger partial charge < -0.3 is 5.32 Å². The van der Waals surface area contributed by atoms with Gasteiger partial charge in [0.05, 0.1) is 5.75 Å². The van der Waals surface area contributed by atoms with Gasteiger partial charge in [0.25, 0.3) is 0 Å². The van der Waals surface area contributed by atoms with E-state index in [0.29, 0.717) is 18.2 Å². The summed E-state index contributed by atoms with van der Waals surface area (Å²) in [6.45, 7) is 5.05. The number of benzene rings is 2. The number of hydrogen-bond donors (Lipinski definition) is 1. The summed E-state index contributed by atoms with van der Waals surface area (Å²) in [4.78, 5) is 12.5. The molecule has 30 heavy (non-hydrogen) atoms. The normalized spacial score (nSPS) is 15.0. The minimum Gasteiger partial charge on any atom is -0.354 e. The van der Waals surface area contributed by atoms with E-state index in [1.807, 2.05) is 10.6 Å². The highest BCUT2D eigenvalue weighted by Gasteiger charge is 2.38. The second-order valence-corrected chi connectivity index (χ2v) is 9.24. The fourth-order valence-corrected chi connectivity index (χ4v) is 4.69. The van der Waals surface area contributed by atoms with Gasteiger partial charge in [0.15, 0.2) is 5.16 Å². The van der Waals surface area contributed by atoms with Crippen LogP contribution < -0.4 is 5.32 Å².